The summed E-state index contributed by atoms with van der Waals surface area (Å²) < 4.78 is 12.2. The third-order valence-corrected chi connectivity index (χ3v) is 1.74. The average Bonchev–Trinajstić information content (AvgIpc) is 1.95. The minimum Gasteiger partial charge on any atom is -0.481 e. The van der Waals surface area contributed by atoms with Crippen LogP contribution in [0.1, 0.15) is 45.4 Å². The SMILES string of the molecule is CC(F)CCCCCCC(=O)O. The normalized spacial score (nSPS) is 12.8. The number of hydrogen-bond acceptors (Lipinski definition) is 1. The molecule has 2 nitrogen and oxygen atoms in total. The molecule has 0 heterocycles. The third kappa shape index (κ3) is 9.40. The largest absolute Gasteiger partial charge is 0.481 e. The predicted octanol–water partition coefficient (Wildman–Crippen LogP) is 2.77. The number of halogens is 1. The Kier molecular flexibility index (Phi) is 6.72. The Morgan fingerprint density at radius 2 is 1.92 bits per heavy atom. The fraction of sp³-hybridized carbons (Fsp3) is 0.889. The van der Waals surface area contributed by atoms with E-state index in [0.717, 1.165) is 25.7 Å². The second-order valence-electron chi connectivity index (χ2n) is 3.13. The van der Waals surface area contributed by atoms with Crippen molar-refractivity contribution in [2.75, 3.05) is 0 Å². The van der Waals surface area contributed by atoms with Crippen LogP contribution in [0.3, 0.4) is 0 Å². The molecule has 0 rings (SSSR count). The number of aliphatic carboxylic acids is 1. The van der Waals surface area contributed by atoms with Crippen LogP contribution < -0.4 is 0 Å². The van der Waals surface area contributed by atoms with Gasteiger partial charge in [0.05, 0.1) is 6.17 Å². The Labute approximate surface area is 72.8 Å². The van der Waals surface area contributed by atoms with Gasteiger partial charge in [-0.05, 0) is 19.8 Å². The minimum atomic E-state index is -0.742. The van der Waals surface area contributed by atoms with Crippen LogP contribution in [0.4, 0.5) is 4.39 Å². The van der Waals surface area contributed by atoms with Crippen LogP contribution in [0, 0.1) is 0 Å². The number of carboxylic acid groups (broad SMARTS) is 1. The zero-order valence-electron chi connectivity index (χ0n) is 7.55. The molecule has 0 fully saturated rings. The summed E-state index contributed by atoms with van der Waals surface area (Å²) in [4.78, 5) is 10.1. The first-order valence-electron chi connectivity index (χ1n) is 4.49. The third-order valence-electron chi connectivity index (χ3n) is 1.74. The lowest BCUT2D eigenvalue weighted by atomic mass is 10.1. The summed E-state index contributed by atoms with van der Waals surface area (Å²) in [6.07, 6.45) is 3.57. The Morgan fingerprint density at radius 3 is 2.42 bits per heavy atom. The molecule has 0 aliphatic rings. The van der Waals surface area contributed by atoms with Crippen LogP contribution in [-0.4, -0.2) is 17.2 Å². The lowest BCUT2D eigenvalue weighted by Gasteiger charge is -2.00. The summed E-state index contributed by atoms with van der Waals surface area (Å²) in [5.74, 6) is -0.742. The van der Waals surface area contributed by atoms with Crippen molar-refractivity contribution in [2.45, 2.75) is 51.6 Å². The number of unbranched alkanes of at least 4 members (excludes halogenated alkanes) is 3. The van der Waals surface area contributed by atoms with Crippen LogP contribution in [0.25, 0.3) is 0 Å². The van der Waals surface area contributed by atoms with Crippen molar-refractivity contribution in [3.05, 3.63) is 0 Å². The molecule has 0 radical (unpaired) electrons. The lowest BCUT2D eigenvalue weighted by Crippen LogP contribution is -1.95. The summed E-state index contributed by atoms with van der Waals surface area (Å²) in [6, 6.07) is 0. The van der Waals surface area contributed by atoms with Gasteiger partial charge >= 0.3 is 5.97 Å². The van der Waals surface area contributed by atoms with Gasteiger partial charge in [-0.2, -0.15) is 0 Å². The monoisotopic (exact) mass is 176 g/mol. The number of carboxylic acids is 1. The molecule has 0 aliphatic heterocycles. The van der Waals surface area contributed by atoms with E-state index in [0.29, 0.717) is 6.42 Å². The summed E-state index contributed by atoms with van der Waals surface area (Å²) in [5.41, 5.74) is 0. The maximum atomic E-state index is 12.2. The van der Waals surface area contributed by atoms with Crippen molar-refractivity contribution in [3.63, 3.8) is 0 Å². The van der Waals surface area contributed by atoms with Gasteiger partial charge in [-0.25, -0.2) is 4.39 Å². The van der Waals surface area contributed by atoms with Gasteiger partial charge in [0, 0.05) is 6.42 Å². The first-order valence-corrected chi connectivity index (χ1v) is 4.49. The van der Waals surface area contributed by atoms with Crippen molar-refractivity contribution < 1.29 is 14.3 Å². The Morgan fingerprint density at radius 1 is 1.33 bits per heavy atom. The molecule has 0 aromatic carbocycles. The van der Waals surface area contributed by atoms with Crippen molar-refractivity contribution in [1.29, 1.82) is 0 Å². The quantitative estimate of drug-likeness (QED) is 0.605. The minimum absolute atomic E-state index is 0.241. The van der Waals surface area contributed by atoms with Crippen LogP contribution in [0.2, 0.25) is 0 Å². The maximum Gasteiger partial charge on any atom is 0.303 e. The lowest BCUT2D eigenvalue weighted by molar-refractivity contribution is -0.137. The Hall–Kier alpha value is -0.600. The van der Waals surface area contributed by atoms with Gasteiger partial charge in [0.2, 0.25) is 0 Å². The highest BCUT2D eigenvalue weighted by atomic mass is 19.1. The zero-order chi connectivity index (χ0) is 9.40. The van der Waals surface area contributed by atoms with Gasteiger partial charge in [0.15, 0.2) is 0 Å². The topological polar surface area (TPSA) is 37.3 Å². The second kappa shape index (κ2) is 7.07. The van der Waals surface area contributed by atoms with Gasteiger partial charge in [-0.3, -0.25) is 4.79 Å². The van der Waals surface area contributed by atoms with Gasteiger partial charge in [0.1, 0.15) is 0 Å². The van der Waals surface area contributed by atoms with Gasteiger partial charge in [-0.1, -0.05) is 19.3 Å². The van der Waals surface area contributed by atoms with Crippen molar-refractivity contribution in [1.82, 2.24) is 0 Å². The number of hydrogen-bond donors (Lipinski definition) is 1. The molecule has 1 atom stereocenters. The second-order valence-corrected chi connectivity index (χ2v) is 3.13. The molecule has 0 aliphatic carbocycles. The van der Waals surface area contributed by atoms with E-state index in [-0.39, 0.29) is 6.42 Å². The summed E-state index contributed by atoms with van der Waals surface area (Å²) in [7, 11) is 0. The number of carbonyl (C=O) groups is 1. The maximum absolute atomic E-state index is 12.2. The molecule has 0 bridgehead atoms. The van der Waals surface area contributed by atoms with E-state index >= 15 is 0 Å². The van der Waals surface area contributed by atoms with E-state index in [9.17, 15) is 9.18 Å². The fourth-order valence-electron chi connectivity index (χ4n) is 1.06. The molecule has 0 aromatic rings. The predicted molar refractivity (Wildman–Crippen MR) is 45.9 cm³/mol. The van der Waals surface area contributed by atoms with Gasteiger partial charge < -0.3 is 5.11 Å². The Bertz CT molecular complexity index is 124. The van der Waals surface area contributed by atoms with E-state index in [4.69, 9.17) is 5.11 Å². The van der Waals surface area contributed by atoms with Gasteiger partial charge in [-0.15, -0.1) is 0 Å². The molecule has 0 aromatic heterocycles. The molecule has 1 unspecified atom stereocenters. The van der Waals surface area contributed by atoms with Crippen molar-refractivity contribution in [2.24, 2.45) is 0 Å². The number of rotatable bonds is 7. The van der Waals surface area contributed by atoms with E-state index in [1.165, 1.54) is 0 Å². The molecule has 12 heavy (non-hydrogen) atoms. The van der Waals surface area contributed by atoms with Crippen LogP contribution >= 0.6 is 0 Å². The van der Waals surface area contributed by atoms with E-state index in [2.05, 4.69) is 0 Å². The molecule has 3 heteroatoms. The molecular formula is C9H17FO2. The molecular weight excluding hydrogens is 159 g/mol. The summed E-state index contributed by atoms with van der Waals surface area (Å²) in [5, 5.41) is 8.30. The molecule has 0 amide bonds. The zero-order valence-corrected chi connectivity index (χ0v) is 7.55. The molecule has 72 valence electrons. The van der Waals surface area contributed by atoms with Crippen molar-refractivity contribution >= 4 is 5.97 Å². The Balaban J connectivity index is 2.96. The van der Waals surface area contributed by atoms with Crippen LogP contribution in [0.5, 0.6) is 0 Å². The summed E-state index contributed by atoms with van der Waals surface area (Å²) in [6.45, 7) is 1.55. The summed E-state index contributed by atoms with van der Waals surface area (Å²) >= 11 is 0. The van der Waals surface area contributed by atoms with E-state index in [1.54, 1.807) is 6.92 Å². The van der Waals surface area contributed by atoms with Crippen LogP contribution in [0.15, 0.2) is 0 Å². The molecule has 1 N–H and O–H groups in total. The first kappa shape index (κ1) is 11.4. The fourth-order valence-corrected chi connectivity index (χ4v) is 1.06. The number of alkyl halides is 1. The van der Waals surface area contributed by atoms with Gasteiger partial charge in [0.25, 0.3) is 0 Å². The highest BCUT2D eigenvalue weighted by molar-refractivity contribution is 5.66. The smallest absolute Gasteiger partial charge is 0.303 e. The highest BCUT2D eigenvalue weighted by Crippen LogP contribution is 2.08. The highest BCUT2D eigenvalue weighted by Gasteiger charge is 1.99. The first-order chi connectivity index (χ1) is 5.63. The van der Waals surface area contributed by atoms with Crippen molar-refractivity contribution in [3.8, 4) is 0 Å². The van der Waals surface area contributed by atoms with E-state index < -0.39 is 12.1 Å². The molecule has 0 saturated carbocycles. The standard InChI is InChI=1S/C9H17FO2/c1-8(10)6-4-2-3-5-7-9(11)12/h8H,2-7H2,1H3,(H,11,12). The molecule has 0 saturated heterocycles. The average molecular weight is 176 g/mol. The molecule has 0 spiro atoms. The van der Waals surface area contributed by atoms with E-state index in [1.807, 2.05) is 0 Å². The van der Waals surface area contributed by atoms with Crippen LogP contribution in [-0.2, 0) is 4.79 Å².